The van der Waals surface area contributed by atoms with Gasteiger partial charge in [-0.1, -0.05) is 32.1 Å². The maximum atomic E-state index is 6.17. The summed E-state index contributed by atoms with van der Waals surface area (Å²) in [4.78, 5) is 0. The summed E-state index contributed by atoms with van der Waals surface area (Å²) in [6.07, 6.45) is 17.0. The second kappa shape index (κ2) is 9.32. The lowest BCUT2D eigenvalue weighted by molar-refractivity contribution is -0.109. The summed E-state index contributed by atoms with van der Waals surface area (Å²) in [6.45, 7) is 2.19. The average Bonchev–Trinajstić information content (AvgIpc) is 2.47. The van der Waals surface area contributed by atoms with E-state index in [9.17, 15) is 0 Å². The molecule has 2 fully saturated rings. The molecule has 1 aliphatic heterocycles. The fourth-order valence-corrected chi connectivity index (χ4v) is 4.27. The third kappa shape index (κ3) is 5.57. The van der Waals surface area contributed by atoms with Gasteiger partial charge in [0.2, 0.25) is 0 Å². The Morgan fingerprint density at radius 2 is 1.90 bits per heavy atom. The molecule has 1 N–H and O–H groups in total. The van der Waals surface area contributed by atoms with Gasteiger partial charge in [0.25, 0.3) is 0 Å². The lowest BCUT2D eigenvalue weighted by atomic mass is 9.78. The summed E-state index contributed by atoms with van der Waals surface area (Å²) >= 11 is 1.97. The van der Waals surface area contributed by atoms with E-state index in [0.717, 1.165) is 6.61 Å². The lowest BCUT2D eigenvalue weighted by Crippen LogP contribution is -2.48. The summed E-state index contributed by atoms with van der Waals surface area (Å²) in [7, 11) is 0. The first kappa shape index (κ1) is 16.6. The van der Waals surface area contributed by atoms with Gasteiger partial charge < -0.3 is 10.1 Å². The van der Waals surface area contributed by atoms with Crippen molar-refractivity contribution in [3.05, 3.63) is 0 Å². The van der Waals surface area contributed by atoms with Gasteiger partial charge in [0, 0.05) is 12.6 Å². The van der Waals surface area contributed by atoms with E-state index in [1.807, 2.05) is 11.8 Å². The van der Waals surface area contributed by atoms with Crippen molar-refractivity contribution in [3.63, 3.8) is 0 Å². The molecule has 1 saturated heterocycles. The highest BCUT2D eigenvalue weighted by atomic mass is 32.2. The number of thioether (sulfide) groups is 1. The topological polar surface area (TPSA) is 21.3 Å². The zero-order valence-corrected chi connectivity index (χ0v) is 14.1. The van der Waals surface area contributed by atoms with Crippen molar-refractivity contribution in [2.45, 2.75) is 82.3 Å². The van der Waals surface area contributed by atoms with Gasteiger partial charge in [-0.3, -0.25) is 0 Å². The number of unbranched alkanes of at least 4 members (excludes halogenated alkanes) is 3. The fourth-order valence-electron chi connectivity index (χ4n) is 3.78. The van der Waals surface area contributed by atoms with Gasteiger partial charge in [-0.25, -0.2) is 0 Å². The van der Waals surface area contributed by atoms with Crippen LogP contribution < -0.4 is 5.32 Å². The zero-order valence-electron chi connectivity index (χ0n) is 13.3. The maximum Gasteiger partial charge on any atom is 0.0697 e. The third-order valence-electron chi connectivity index (χ3n) is 4.97. The molecule has 118 valence electrons. The predicted molar refractivity (Wildman–Crippen MR) is 89.6 cm³/mol. The number of rotatable bonds is 8. The molecule has 0 aromatic carbocycles. The van der Waals surface area contributed by atoms with Crippen molar-refractivity contribution in [1.29, 1.82) is 0 Å². The molecule has 2 nitrogen and oxygen atoms in total. The molecular weight excluding hydrogens is 266 g/mol. The van der Waals surface area contributed by atoms with Crippen LogP contribution >= 0.6 is 11.8 Å². The van der Waals surface area contributed by atoms with Crippen LogP contribution in [0.25, 0.3) is 0 Å². The van der Waals surface area contributed by atoms with Crippen molar-refractivity contribution < 1.29 is 4.74 Å². The first-order valence-corrected chi connectivity index (χ1v) is 10.1. The van der Waals surface area contributed by atoms with Gasteiger partial charge in [0.1, 0.15) is 0 Å². The molecular formula is C17H33NOS. The van der Waals surface area contributed by atoms with Crippen LogP contribution in [0.2, 0.25) is 0 Å². The molecule has 20 heavy (non-hydrogen) atoms. The number of nitrogens with one attached hydrogen (secondary N) is 1. The van der Waals surface area contributed by atoms with E-state index in [1.165, 1.54) is 82.9 Å². The maximum absolute atomic E-state index is 6.17. The minimum absolute atomic E-state index is 0.256. The average molecular weight is 300 g/mol. The van der Waals surface area contributed by atoms with Crippen LogP contribution in [-0.4, -0.2) is 36.8 Å². The molecule has 0 amide bonds. The van der Waals surface area contributed by atoms with Gasteiger partial charge in [-0.15, -0.1) is 0 Å². The molecule has 0 bridgehead atoms. The molecule has 1 unspecified atom stereocenters. The van der Waals surface area contributed by atoms with Crippen molar-refractivity contribution in [1.82, 2.24) is 5.32 Å². The van der Waals surface area contributed by atoms with Gasteiger partial charge in [-0.05, 0) is 57.1 Å². The summed E-state index contributed by atoms with van der Waals surface area (Å²) < 4.78 is 6.17. The van der Waals surface area contributed by atoms with Crippen LogP contribution in [0.15, 0.2) is 0 Å². The van der Waals surface area contributed by atoms with Crippen LogP contribution in [0.4, 0.5) is 0 Å². The van der Waals surface area contributed by atoms with Gasteiger partial charge in [0.15, 0.2) is 0 Å². The molecule has 1 heterocycles. The Bertz CT molecular complexity index is 248. The van der Waals surface area contributed by atoms with E-state index in [0.29, 0.717) is 6.04 Å². The molecule has 1 aliphatic carbocycles. The normalized spacial score (nSPS) is 25.9. The van der Waals surface area contributed by atoms with E-state index < -0.39 is 0 Å². The van der Waals surface area contributed by atoms with Crippen LogP contribution in [0.1, 0.15) is 70.6 Å². The Hall–Kier alpha value is 0.270. The lowest BCUT2D eigenvalue weighted by Gasteiger charge is -2.43. The van der Waals surface area contributed by atoms with Crippen LogP contribution in [0.5, 0.6) is 0 Å². The van der Waals surface area contributed by atoms with Crippen molar-refractivity contribution in [3.8, 4) is 0 Å². The van der Waals surface area contributed by atoms with Crippen LogP contribution in [0, 0.1) is 0 Å². The Labute approximate surface area is 129 Å². The largest absolute Gasteiger partial charge is 0.375 e. The van der Waals surface area contributed by atoms with E-state index in [1.54, 1.807) is 0 Å². The predicted octanol–water partition coefficient (Wildman–Crippen LogP) is 4.38. The highest BCUT2D eigenvalue weighted by Crippen LogP contribution is 2.38. The van der Waals surface area contributed by atoms with Gasteiger partial charge in [0.05, 0.1) is 5.60 Å². The standard InChI is InChI=1S/C17H33NOS/c1-20-14-8-3-2-7-12-18-16-9-13-19-17(15-16)10-5-4-6-11-17/h16,18H,2-15H2,1H3. The SMILES string of the molecule is CSCCCCCCNC1CCOC2(CCCCC2)C1. The molecule has 1 spiro atoms. The zero-order chi connectivity index (χ0) is 14.1. The highest BCUT2D eigenvalue weighted by molar-refractivity contribution is 7.98. The summed E-state index contributed by atoms with van der Waals surface area (Å²) in [5, 5.41) is 3.80. The first-order chi connectivity index (χ1) is 9.85. The van der Waals surface area contributed by atoms with E-state index in [2.05, 4.69) is 11.6 Å². The molecule has 2 aliphatic rings. The van der Waals surface area contributed by atoms with E-state index >= 15 is 0 Å². The Balaban J connectivity index is 1.56. The second-order valence-electron chi connectivity index (χ2n) is 6.64. The number of hydrogen-bond acceptors (Lipinski definition) is 3. The molecule has 2 rings (SSSR count). The van der Waals surface area contributed by atoms with E-state index in [4.69, 9.17) is 4.74 Å². The third-order valence-corrected chi connectivity index (χ3v) is 5.66. The van der Waals surface area contributed by atoms with Gasteiger partial charge in [-0.2, -0.15) is 11.8 Å². The van der Waals surface area contributed by atoms with Gasteiger partial charge >= 0.3 is 0 Å². The summed E-state index contributed by atoms with van der Waals surface area (Å²) in [5.41, 5.74) is 0.256. The minimum atomic E-state index is 0.256. The Morgan fingerprint density at radius 3 is 2.70 bits per heavy atom. The summed E-state index contributed by atoms with van der Waals surface area (Å²) in [5.74, 6) is 1.33. The Morgan fingerprint density at radius 1 is 1.10 bits per heavy atom. The highest BCUT2D eigenvalue weighted by Gasteiger charge is 2.38. The molecule has 1 saturated carbocycles. The van der Waals surface area contributed by atoms with Crippen molar-refractivity contribution in [2.75, 3.05) is 25.2 Å². The second-order valence-corrected chi connectivity index (χ2v) is 7.63. The minimum Gasteiger partial charge on any atom is -0.375 e. The number of hydrogen-bond donors (Lipinski definition) is 1. The van der Waals surface area contributed by atoms with Crippen molar-refractivity contribution >= 4 is 11.8 Å². The van der Waals surface area contributed by atoms with E-state index in [-0.39, 0.29) is 5.60 Å². The summed E-state index contributed by atoms with van der Waals surface area (Å²) in [6, 6.07) is 0.716. The first-order valence-electron chi connectivity index (χ1n) is 8.71. The Kier molecular flexibility index (Phi) is 7.75. The molecule has 0 radical (unpaired) electrons. The molecule has 3 heteroatoms. The van der Waals surface area contributed by atoms with Crippen LogP contribution in [-0.2, 0) is 4.74 Å². The quantitative estimate of drug-likeness (QED) is 0.672. The monoisotopic (exact) mass is 299 g/mol. The number of ether oxygens (including phenoxy) is 1. The fraction of sp³-hybridized carbons (Fsp3) is 1.00. The molecule has 1 atom stereocenters. The molecule has 0 aromatic rings. The van der Waals surface area contributed by atoms with Crippen LogP contribution in [0.3, 0.4) is 0 Å². The smallest absolute Gasteiger partial charge is 0.0697 e. The van der Waals surface area contributed by atoms with Crippen molar-refractivity contribution in [2.24, 2.45) is 0 Å². The molecule has 0 aromatic heterocycles.